The fourth-order valence-electron chi connectivity index (χ4n) is 1.13. The molecule has 2 N–H and O–H groups in total. The summed E-state index contributed by atoms with van der Waals surface area (Å²) in [5.41, 5.74) is 0.820. The van der Waals surface area contributed by atoms with E-state index in [1.54, 1.807) is 18.2 Å². The maximum absolute atomic E-state index is 10.6. The van der Waals surface area contributed by atoms with Gasteiger partial charge in [-0.3, -0.25) is 5.10 Å². The van der Waals surface area contributed by atoms with Gasteiger partial charge in [0.05, 0.1) is 10.9 Å². The quantitative estimate of drug-likeness (QED) is 0.761. The lowest BCUT2D eigenvalue weighted by atomic mass is 10.2. The number of rotatable bonds is 1. The Morgan fingerprint density at radius 3 is 2.60 bits per heavy atom. The second-order valence-electron chi connectivity index (χ2n) is 2.52. The second kappa shape index (κ2) is 5.58. The normalized spacial score (nSPS) is 9.47. The maximum Gasteiger partial charge on any atom is 0.357 e. The lowest BCUT2D eigenvalue weighted by molar-refractivity contribution is 0.0692. The molecular formula is C9H8Cl2N2O2. The van der Waals surface area contributed by atoms with Crippen molar-refractivity contribution in [3.63, 3.8) is 0 Å². The predicted octanol–water partition coefficient (Wildman–Crippen LogP) is 2.68. The minimum absolute atomic E-state index is 0.0746. The molecule has 1 aromatic carbocycles. The summed E-state index contributed by atoms with van der Waals surface area (Å²) >= 11 is 9.53. The summed E-state index contributed by atoms with van der Waals surface area (Å²) in [4.78, 5) is 10.6. The number of nitrogens with one attached hydrogen (secondary N) is 1. The van der Waals surface area contributed by atoms with Crippen molar-refractivity contribution in [3.05, 3.63) is 30.0 Å². The smallest absolute Gasteiger partial charge is 0.357 e. The topological polar surface area (TPSA) is 66.0 Å². The molecule has 0 fully saturated rings. The molecule has 0 amide bonds. The van der Waals surface area contributed by atoms with E-state index in [1.807, 2.05) is 6.07 Å². The van der Waals surface area contributed by atoms with Crippen molar-refractivity contribution < 1.29 is 9.90 Å². The van der Waals surface area contributed by atoms with Gasteiger partial charge in [-0.1, -0.05) is 18.2 Å². The van der Waals surface area contributed by atoms with Crippen molar-refractivity contribution in [2.45, 2.75) is 0 Å². The molecule has 0 spiro atoms. The lowest BCUT2D eigenvalue weighted by Crippen LogP contribution is -1.96. The Morgan fingerprint density at radius 2 is 2.00 bits per heavy atom. The molecule has 0 saturated carbocycles. The van der Waals surface area contributed by atoms with Crippen LogP contribution in [0.25, 0.3) is 10.9 Å². The molecule has 80 valence electrons. The highest BCUT2D eigenvalue weighted by Gasteiger charge is 2.10. The van der Waals surface area contributed by atoms with E-state index in [1.165, 1.54) is 0 Å². The van der Waals surface area contributed by atoms with E-state index in [4.69, 9.17) is 28.3 Å². The van der Waals surface area contributed by atoms with E-state index in [0.717, 1.165) is 5.52 Å². The third-order valence-corrected chi connectivity index (χ3v) is 1.67. The van der Waals surface area contributed by atoms with E-state index < -0.39 is 5.97 Å². The number of carboxylic acid groups (broad SMARTS) is 1. The van der Waals surface area contributed by atoms with Gasteiger partial charge in [0.25, 0.3) is 0 Å². The first kappa shape index (κ1) is 11.8. The molecule has 0 aliphatic rings. The number of fused-ring (bicyclic) bond motifs is 1. The van der Waals surface area contributed by atoms with E-state index in [0.29, 0.717) is 5.39 Å². The maximum atomic E-state index is 10.6. The standard InChI is InChI=1S/C8H6N2O2.CH2Cl2/c11-8(12)7-5-3-1-2-4-6(5)9-10-7;2-1-3/h1-4H,(H,9,10)(H,11,12);1H2. The summed E-state index contributed by atoms with van der Waals surface area (Å²) in [5, 5.41) is 15.8. The molecular weight excluding hydrogens is 239 g/mol. The van der Waals surface area contributed by atoms with Gasteiger partial charge in [-0.15, -0.1) is 23.2 Å². The molecule has 0 radical (unpaired) electrons. The predicted molar refractivity (Wildman–Crippen MR) is 59.6 cm³/mol. The Labute approximate surface area is 95.8 Å². The Hall–Kier alpha value is -1.26. The fourth-order valence-corrected chi connectivity index (χ4v) is 1.13. The molecule has 4 nitrogen and oxygen atoms in total. The first-order valence-corrected chi connectivity index (χ1v) is 5.06. The number of aromatic nitrogens is 2. The van der Waals surface area contributed by atoms with Crippen LogP contribution in [-0.4, -0.2) is 26.6 Å². The van der Waals surface area contributed by atoms with Crippen LogP contribution in [-0.2, 0) is 0 Å². The average molecular weight is 247 g/mol. The monoisotopic (exact) mass is 246 g/mol. The molecule has 0 aliphatic heterocycles. The third kappa shape index (κ3) is 2.84. The van der Waals surface area contributed by atoms with Crippen molar-refractivity contribution in [1.82, 2.24) is 10.2 Å². The fraction of sp³-hybridized carbons (Fsp3) is 0.111. The number of aromatic carboxylic acids is 1. The lowest BCUT2D eigenvalue weighted by Gasteiger charge is -1.87. The molecule has 0 bridgehead atoms. The van der Waals surface area contributed by atoms with Crippen molar-refractivity contribution in [3.8, 4) is 0 Å². The number of para-hydroxylation sites is 1. The van der Waals surface area contributed by atoms with Gasteiger partial charge in [-0.05, 0) is 6.07 Å². The summed E-state index contributed by atoms with van der Waals surface area (Å²) in [6, 6.07) is 7.12. The number of alkyl halides is 2. The van der Waals surface area contributed by atoms with Crippen molar-refractivity contribution in [2.75, 3.05) is 5.34 Å². The zero-order valence-electron chi connectivity index (χ0n) is 7.58. The van der Waals surface area contributed by atoms with Crippen molar-refractivity contribution >= 4 is 40.1 Å². The van der Waals surface area contributed by atoms with Crippen LogP contribution in [0.1, 0.15) is 10.5 Å². The summed E-state index contributed by atoms with van der Waals surface area (Å²) in [7, 11) is 0. The van der Waals surface area contributed by atoms with Crippen LogP contribution in [0.15, 0.2) is 24.3 Å². The zero-order chi connectivity index (χ0) is 11.3. The number of benzene rings is 1. The van der Waals surface area contributed by atoms with Crippen LogP contribution in [0, 0.1) is 0 Å². The van der Waals surface area contributed by atoms with E-state index >= 15 is 0 Å². The third-order valence-electron chi connectivity index (χ3n) is 1.67. The average Bonchev–Trinajstić information content (AvgIpc) is 2.62. The minimum Gasteiger partial charge on any atom is -0.476 e. The van der Waals surface area contributed by atoms with Gasteiger partial charge < -0.3 is 5.11 Å². The minimum atomic E-state index is -1.01. The van der Waals surface area contributed by atoms with Gasteiger partial charge in [0.2, 0.25) is 0 Å². The van der Waals surface area contributed by atoms with Gasteiger partial charge in [0, 0.05) is 5.39 Å². The summed E-state index contributed by atoms with van der Waals surface area (Å²) in [5.74, 6) is -1.01. The number of nitrogens with zero attached hydrogens (tertiary/aromatic N) is 1. The molecule has 0 aliphatic carbocycles. The first-order valence-electron chi connectivity index (χ1n) is 3.99. The highest BCUT2D eigenvalue weighted by Crippen LogP contribution is 2.14. The first-order chi connectivity index (χ1) is 7.20. The number of halogens is 2. The SMILES string of the molecule is ClCCl.O=C(O)c1n[nH]c2ccccc12. The molecule has 2 rings (SSSR count). The number of carbonyl (C=O) groups is 1. The van der Waals surface area contributed by atoms with Gasteiger partial charge in [-0.2, -0.15) is 5.10 Å². The molecule has 2 aromatic rings. The summed E-state index contributed by atoms with van der Waals surface area (Å²) in [6.07, 6.45) is 0. The van der Waals surface area contributed by atoms with E-state index in [9.17, 15) is 4.79 Å². The summed E-state index contributed by atoms with van der Waals surface area (Å²) < 4.78 is 0. The Balaban J connectivity index is 0.000000337. The van der Waals surface area contributed by atoms with Gasteiger partial charge in [0.1, 0.15) is 0 Å². The van der Waals surface area contributed by atoms with Crippen molar-refractivity contribution in [2.24, 2.45) is 0 Å². The highest BCUT2D eigenvalue weighted by molar-refractivity contribution is 6.40. The molecule has 6 heteroatoms. The molecule has 0 atom stereocenters. The van der Waals surface area contributed by atoms with Crippen LogP contribution in [0.5, 0.6) is 0 Å². The van der Waals surface area contributed by atoms with Crippen LogP contribution in [0.4, 0.5) is 0 Å². The number of carboxylic acids is 1. The Kier molecular flexibility index (Phi) is 4.39. The van der Waals surface area contributed by atoms with E-state index in [-0.39, 0.29) is 11.0 Å². The Bertz CT molecular complexity index is 456. The van der Waals surface area contributed by atoms with Crippen LogP contribution < -0.4 is 0 Å². The molecule has 1 heterocycles. The highest BCUT2D eigenvalue weighted by atomic mass is 35.5. The van der Waals surface area contributed by atoms with Crippen LogP contribution in [0.3, 0.4) is 0 Å². The number of hydrogen-bond acceptors (Lipinski definition) is 2. The molecule has 0 saturated heterocycles. The Morgan fingerprint density at radius 1 is 1.40 bits per heavy atom. The number of H-pyrrole nitrogens is 1. The van der Waals surface area contributed by atoms with E-state index in [2.05, 4.69) is 10.2 Å². The number of hydrogen-bond donors (Lipinski definition) is 2. The largest absolute Gasteiger partial charge is 0.476 e. The van der Waals surface area contributed by atoms with Gasteiger partial charge >= 0.3 is 5.97 Å². The molecule has 1 aromatic heterocycles. The molecule has 15 heavy (non-hydrogen) atoms. The van der Waals surface area contributed by atoms with Crippen LogP contribution in [0.2, 0.25) is 0 Å². The molecule has 0 unspecified atom stereocenters. The zero-order valence-corrected chi connectivity index (χ0v) is 9.09. The second-order valence-corrected chi connectivity index (χ2v) is 3.33. The number of aromatic amines is 1. The summed E-state index contributed by atoms with van der Waals surface area (Å²) in [6.45, 7) is 0. The van der Waals surface area contributed by atoms with Crippen LogP contribution >= 0.6 is 23.2 Å². The van der Waals surface area contributed by atoms with Gasteiger partial charge in [0.15, 0.2) is 5.69 Å². The van der Waals surface area contributed by atoms with Crippen molar-refractivity contribution in [1.29, 1.82) is 0 Å². The van der Waals surface area contributed by atoms with Gasteiger partial charge in [-0.25, -0.2) is 4.79 Å².